The number of aromatic nitrogens is 2. The molecule has 32 heavy (non-hydrogen) atoms. The standard InChI is InChI=1S/C22H24N4O6/c1-13(27)24-22-9-14-6-15(10-22)8-21(7-14,12-22)20(28)31-11-18-23-19(25-32-18)16-2-4-17(5-3-16)26(29)30/h2-5,14-15H,6-12H2,1H3,(H,24,27). The van der Waals surface area contributed by atoms with E-state index in [4.69, 9.17) is 9.26 Å². The van der Waals surface area contributed by atoms with Crippen molar-refractivity contribution in [3.8, 4) is 11.4 Å². The molecule has 0 aliphatic heterocycles. The van der Waals surface area contributed by atoms with E-state index in [1.807, 2.05) is 0 Å². The lowest BCUT2D eigenvalue weighted by atomic mass is 9.47. The van der Waals surface area contributed by atoms with Crippen molar-refractivity contribution in [1.29, 1.82) is 0 Å². The minimum Gasteiger partial charge on any atom is -0.455 e. The van der Waals surface area contributed by atoms with Crippen molar-refractivity contribution < 1.29 is 23.8 Å². The van der Waals surface area contributed by atoms with Crippen LogP contribution >= 0.6 is 0 Å². The van der Waals surface area contributed by atoms with Crippen LogP contribution in [-0.2, 0) is 20.9 Å². The van der Waals surface area contributed by atoms with Gasteiger partial charge in [0.1, 0.15) is 0 Å². The van der Waals surface area contributed by atoms with Crippen LogP contribution in [0.25, 0.3) is 11.4 Å². The lowest BCUT2D eigenvalue weighted by molar-refractivity contribution is -0.384. The van der Waals surface area contributed by atoms with Crippen LogP contribution in [0.1, 0.15) is 51.3 Å². The lowest BCUT2D eigenvalue weighted by Gasteiger charge is -2.60. The van der Waals surface area contributed by atoms with Gasteiger partial charge in [0.2, 0.25) is 11.7 Å². The van der Waals surface area contributed by atoms with Gasteiger partial charge in [-0.15, -0.1) is 0 Å². The second-order valence-electron chi connectivity index (χ2n) is 9.59. The molecule has 10 nitrogen and oxygen atoms in total. The van der Waals surface area contributed by atoms with Crippen LogP contribution in [0.15, 0.2) is 28.8 Å². The van der Waals surface area contributed by atoms with Gasteiger partial charge in [0, 0.05) is 30.2 Å². The summed E-state index contributed by atoms with van der Waals surface area (Å²) in [6, 6.07) is 5.80. The third kappa shape index (κ3) is 3.63. The molecule has 0 spiro atoms. The molecule has 1 heterocycles. The van der Waals surface area contributed by atoms with E-state index in [9.17, 15) is 19.7 Å². The van der Waals surface area contributed by atoms with Gasteiger partial charge in [-0.05, 0) is 62.5 Å². The van der Waals surface area contributed by atoms with Gasteiger partial charge in [0.25, 0.3) is 11.6 Å². The van der Waals surface area contributed by atoms with Crippen molar-refractivity contribution in [2.75, 3.05) is 0 Å². The summed E-state index contributed by atoms with van der Waals surface area (Å²) in [6.45, 7) is 1.39. The van der Waals surface area contributed by atoms with Gasteiger partial charge in [0.15, 0.2) is 6.61 Å². The van der Waals surface area contributed by atoms with Crippen molar-refractivity contribution in [2.45, 2.75) is 57.6 Å². The van der Waals surface area contributed by atoms with E-state index in [1.54, 1.807) is 0 Å². The fraction of sp³-hybridized carbons (Fsp3) is 0.545. The highest BCUT2D eigenvalue weighted by molar-refractivity contribution is 5.79. The third-order valence-corrected chi connectivity index (χ3v) is 7.07. The smallest absolute Gasteiger partial charge is 0.312 e. The molecule has 168 valence electrons. The number of carbonyl (C=O) groups is 2. The zero-order valence-corrected chi connectivity index (χ0v) is 17.7. The van der Waals surface area contributed by atoms with Gasteiger partial charge in [-0.25, -0.2) is 0 Å². The Morgan fingerprint density at radius 3 is 2.53 bits per heavy atom. The Balaban J connectivity index is 1.26. The molecule has 4 bridgehead atoms. The number of nitrogens with one attached hydrogen (secondary N) is 1. The monoisotopic (exact) mass is 440 g/mol. The van der Waals surface area contributed by atoms with Crippen LogP contribution in [0, 0.1) is 27.4 Å². The van der Waals surface area contributed by atoms with Crippen LogP contribution in [0.3, 0.4) is 0 Å². The molecule has 1 aromatic heterocycles. The summed E-state index contributed by atoms with van der Waals surface area (Å²) in [5.41, 5.74) is -0.342. The Morgan fingerprint density at radius 2 is 1.91 bits per heavy atom. The predicted molar refractivity (Wildman–Crippen MR) is 110 cm³/mol. The molecule has 0 radical (unpaired) electrons. The molecular weight excluding hydrogens is 416 g/mol. The summed E-state index contributed by atoms with van der Waals surface area (Å²) in [5.74, 6) is 0.954. The van der Waals surface area contributed by atoms with Crippen LogP contribution in [0.4, 0.5) is 5.69 Å². The number of non-ortho nitro benzene ring substituents is 1. The van der Waals surface area contributed by atoms with Crippen molar-refractivity contribution in [3.63, 3.8) is 0 Å². The Bertz CT molecular complexity index is 1060. The van der Waals surface area contributed by atoms with Crippen LogP contribution in [0.2, 0.25) is 0 Å². The molecule has 1 aromatic carbocycles. The molecule has 4 saturated carbocycles. The van der Waals surface area contributed by atoms with E-state index in [0.29, 0.717) is 23.8 Å². The Morgan fingerprint density at radius 1 is 1.22 bits per heavy atom. The quantitative estimate of drug-likeness (QED) is 0.411. The van der Waals surface area contributed by atoms with Gasteiger partial charge >= 0.3 is 5.97 Å². The van der Waals surface area contributed by atoms with Crippen LogP contribution < -0.4 is 5.32 Å². The molecule has 4 aliphatic rings. The highest BCUT2D eigenvalue weighted by Crippen LogP contribution is 2.62. The van der Waals surface area contributed by atoms with Crippen molar-refractivity contribution in [2.24, 2.45) is 17.3 Å². The molecule has 0 saturated heterocycles. The summed E-state index contributed by atoms with van der Waals surface area (Å²) in [6.07, 6.45) is 5.17. The largest absolute Gasteiger partial charge is 0.455 e. The first-order valence-corrected chi connectivity index (χ1v) is 10.8. The number of nitrogens with zero attached hydrogens (tertiary/aromatic N) is 3. The van der Waals surface area contributed by atoms with Crippen molar-refractivity contribution in [1.82, 2.24) is 15.5 Å². The highest BCUT2D eigenvalue weighted by atomic mass is 16.6. The van der Waals surface area contributed by atoms with Crippen molar-refractivity contribution >= 4 is 17.6 Å². The number of nitro groups is 1. The van der Waals surface area contributed by atoms with E-state index in [2.05, 4.69) is 15.5 Å². The maximum atomic E-state index is 13.2. The predicted octanol–water partition coefficient (Wildman–Crippen LogP) is 3.16. The molecule has 10 heteroatoms. The van der Waals surface area contributed by atoms with E-state index in [0.717, 1.165) is 32.1 Å². The summed E-state index contributed by atoms with van der Waals surface area (Å²) < 4.78 is 10.8. The Labute approximate surface area is 183 Å². The normalized spacial score (nSPS) is 30.2. The zero-order valence-electron chi connectivity index (χ0n) is 17.7. The molecule has 6 rings (SSSR count). The number of nitro benzene ring substituents is 1. The van der Waals surface area contributed by atoms with Crippen LogP contribution in [0.5, 0.6) is 0 Å². The maximum Gasteiger partial charge on any atom is 0.312 e. The molecule has 2 aromatic rings. The maximum absolute atomic E-state index is 13.2. The fourth-order valence-corrected chi connectivity index (χ4v) is 6.46. The molecule has 2 unspecified atom stereocenters. The average molecular weight is 440 g/mol. The second-order valence-corrected chi connectivity index (χ2v) is 9.59. The topological polar surface area (TPSA) is 137 Å². The van der Waals surface area contributed by atoms with Gasteiger partial charge in [0.05, 0.1) is 10.3 Å². The first kappa shape index (κ1) is 20.6. The van der Waals surface area contributed by atoms with E-state index >= 15 is 0 Å². The van der Waals surface area contributed by atoms with E-state index < -0.39 is 10.3 Å². The average Bonchev–Trinajstić information content (AvgIpc) is 3.19. The zero-order chi connectivity index (χ0) is 22.5. The minimum atomic E-state index is -0.576. The molecule has 1 N–H and O–H groups in total. The number of carbonyl (C=O) groups excluding carboxylic acids is 2. The van der Waals surface area contributed by atoms with E-state index in [-0.39, 0.29) is 41.4 Å². The first-order valence-electron chi connectivity index (χ1n) is 10.8. The van der Waals surface area contributed by atoms with Gasteiger partial charge in [-0.2, -0.15) is 4.98 Å². The Hall–Kier alpha value is -3.30. The number of hydrogen-bond donors (Lipinski definition) is 1. The molecular formula is C22H24N4O6. The minimum absolute atomic E-state index is 0.0287. The summed E-state index contributed by atoms with van der Waals surface area (Å²) >= 11 is 0. The SMILES string of the molecule is CC(=O)NC12CC3CC(C1)CC(C(=O)OCc1nc(-c4ccc([N+](=O)[O-])cc4)no1)(C3)C2. The summed E-state index contributed by atoms with van der Waals surface area (Å²) in [7, 11) is 0. The second kappa shape index (κ2) is 7.39. The van der Waals surface area contributed by atoms with Gasteiger partial charge < -0.3 is 14.6 Å². The number of esters is 1. The number of ether oxygens (including phenoxy) is 1. The van der Waals surface area contributed by atoms with Gasteiger partial charge in [-0.1, -0.05) is 5.16 Å². The summed E-state index contributed by atoms with van der Waals surface area (Å²) in [4.78, 5) is 39.5. The van der Waals surface area contributed by atoms with Crippen molar-refractivity contribution in [3.05, 3.63) is 40.3 Å². The highest BCUT2D eigenvalue weighted by Gasteiger charge is 2.61. The number of benzene rings is 1. The molecule has 4 fully saturated rings. The molecule has 1 amide bonds. The number of rotatable bonds is 6. The lowest BCUT2D eigenvalue weighted by Crippen LogP contribution is -2.64. The first-order chi connectivity index (χ1) is 15.3. The fourth-order valence-electron chi connectivity index (χ4n) is 6.46. The van der Waals surface area contributed by atoms with Gasteiger partial charge in [-0.3, -0.25) is 19.7 Å². The van der Waals surface area contributed by atoms with Crippen LogP contribution in [-0.4, -0.2) is 32.5 Å². The summed E-state index contributed by atoms with van der Waals surface area (Å²) in [5, 5.41) is 17.8. The third-order valence-electron chi connectivity index (χ3n) is 7.07. The number of hydrogen-bond acceptors (Lipinski definition) is 8. The van der Waals surface area contributed by atoms with E-state index in [1.165, 1.54) is 31.2 Å². The molecule has 4 aliphatic carbocycles. The molecule has 2 atom stereocenters. The number of amides is 1. The Kier molecular flexibility index (Phi) is 4.75.